The summed E-state index contributed by atoms with van der Waals surface area (Å²) in [5.74, 6) is 0. The van der Waals surface area contributed by atoms with E-state index in [1.165, 1.54) is 17.7 Å². The fourth-order valence-electron chi connectivity index (χ4n) is 2.38. The lowest BCUT2D eigenvalue weighted by molar-refractivity contribution is 0.347. The van der Waals surface area contributed by atoms with Gasteiger partial charge in [-0.05, 0) is 36.9 Å². The van der Waals surface area contributed by atoms with E-state index in [2.05, 4.69) is 69.2 Å². The Balaban J connectivity index is 2.58. The van der Waals surface area contributed by atoms with E-state index in [0.29, 0.717) is 0 Å². The van der Waals surface area contributed by atoms with Gasteiger partial charge in [-0.2, -0.15) is 0 Å². The summed E-state index contributed by atoms with van der Waals surface area (Å²) in [5, 5.41) is 3.52. The quantitative estimate of drug-likeness (QED) is 0.743. The summed E-state index contributed by atoms with van der Waals surface area (Å²) in [6, 6.07) is 8.58. The molecule has 0 amide bonds. The highest BCUT2D eigenvalue weighted by Gasteiger charge is 2.20. The van der Waals surface area contributed by atoms with Crippen molar-refractivity contribution in [1.29, 1.82) is 0 Å². The third-order valence-corrected chi connectivity index (χ3v) is 3.22. The molecule has 1 aromatic rings. The first-order valence-corrected chi connectivity index (χ1v) is 6.94. The zero-order valence-electron chi connectivity index (χ0n) is 12.6. The molecule has 0 aliphatic carbocycles. The lowest BCUT2D eigenvalue weighted by Gasteiger charge is -2.32. The van der Waals surface area contributed by atoms with E-state index >= 15 is 0 Å². The molecule has 0 bridgehead atoms. The Hall–Kier alpha value is -1.02. The van der Waals surface area contributed by atoms with Crippen molar-refractivity contribution < 1.29 is 0 Å². The highest BCUT2D eigenvalue weighted by molar-refractivity contribution is 5.52. The summed E-state index contributed by atoms with van der Waals surface area (Å²) in [7, 11) is 2.18. The number of hydrogen-bond donors (Lipinski definition) is 1. The second kappa shape index (κ2) is 6.79. The molecule has 0 heterocycles. The zero-order chi connectivity index (χ0) is 13.6. The summed E-state index contributed by atoms with van der Waals surface area (Å²) in [6.45, 7) is 12.3. The van der Waals surface area contributed by atoms with Gasteiger partial charge < -0.3 is 10.2 Å². The van der Waals surface area contributed by atoms with Gasteiger partial charge in [0.15, 0.2) is 0 Å². The van der Waals surface area contributed by atoms with E-state index in [1.54, 1.807) is 0 Å². The highest BCUT2D eigenvalue weighted by atomic mass is 15.1. The lowest BCUT2D eigenvalue weighted by atomic mass is 9.92. The van der Waals surface area contributed by atoms with Crippen LogP contribution in [0.5, 0.6) is 0 Å². The predicted molar refractivity (Wildman–Crippen MR) is 81.4 cm³/mol. The van der Waals surface area contributed by atoms with Gasteiger partial charge in [0.1, 0.15) is 0 Å². The smallest absolute Gasteiger partial charge is 0.0393 e. The molecule has 2 heteroatoms. The summed E-state index contributed by atoms with van der Waals surface area (Å²) in [5.41, 5.74) is 2.96. The van der Waals surface area contributed by atoms with E-state index in [-0.39, 0.29) is 5.41 Å². The van der Waals surface area contributed by atoms with E-state index in [1.807, 2.05) is 0 Å². The summed E-state index contributed by atoms with van der Waals surface area (Å²) in [6.07, 6.45) is 1.20. The monoisotopic (exact) mass is 248 g/mol. The van der Waals surface area contributed by atoms with Crippen molar-refractivity contribution in [2.45, 2.75) is 34.1 Å². The second-order valence-electron chi connectivity index (χ2n) is 5.98. The number of para-hydroxylation sites is 1. The minimum Gasteiger partial charge on any atom is -0.374 e. The summed E-state index contributed by atoms with van der Waals surface area (Å²) >= 11 is 0. The molecule has 102 valence electrons. The molecule has 1 rings (SSSR count). The van der Waals surface area contributed by atoms with Gasteiger partial charge in [-0.3, -0.25) is 0 Å². The highest BCUT2D eigenvalue weighted by Crippen LogP contribution is 2.23. The molecule has 0 aromatic heterocycles. The molecule has 0 unspecified atom stereocenters. The Kier molecular flexibility index (Phi) is 5.67. The Morgan fingerprint density at radius 2 is 1.89 bits per heavy atom. The largest absolute Gasteiger partial charge is 0.374 e. The van der Waals surface area contributed by atoms with Gasteiger partial charge in [0.2, 0.25) is 0 Å². The first kappa shape index (κ1) is 15.0. The maximum atomic E-state index is 3.52. The minimum atomic E-state index is 0.284. The zero-order valence-corrected chi connectivity index (χ0v) is 12.6. The summed E-state index contributed by atoms with van der Waals surface area (Å²) < 4.78 is 0. The van der Waals surface area contributed by atoms with Crippen LogP contribution in [0.1, 0.15) is 32.8 Å². The number of nitrogens with zero attached hydrogens (tertiary/aromatic N) is 1. The molecule has 0 aliphatic heterocycles. The van der Waals surface area contributed by atoms with E-state index in [0.717, 1.165) is 19.6 Å². The molecule has 2 nitrogen and oxygen atoms in total. The number of nitrogens with one attached hydrogen (secondary N) is 1. The van der Waals surface area contributed by atoms with Crippen molar-refractivity contribution in [3.63, 3.8) is 0 Å². The Labute approximate surface area is 112 Å². The maximum absolute atomic E-state index is 3.52. The molecule has 0 spiro atoms. The van der Waals surface area contributed by atoms with Crippen LogP contribution in [0.2, 0.25) is 0 Å². The Morgan fingerprint density at radius 3 is 2.50 bits per heavy atom. The molecule has 1 N–H and O–H groups in total. The van der Waals surface area contributed by atoms with E-state index in [4.69, 9.17) is 0 Å². The van der Waals surface area contributed by atoms with Crippen LogP contribution in [0.25, 0.3) is 0 Å². The van der Waals surface area contributed by atoms with E-state index < -0.39 is 0 Å². The van der Waals surface area contributed by atoms with Crippen LogP contribution < -0.4 is 10.2 Å². The van der Waals surface area contributed by atoms with Crippen LogP contribution >= 0.6 is 0 Å². The van der Waals surface area contributed by atoms with Crippen molar-refractivity contribution >= 4 is 5.69 Å². The first-order valence-electron chi connectivity index (χ1n) is 6.94. The molecule has 1 aromatic carbocycles. The van der Waals surface area contributed by atoms with Crippen LogP contribution in [-0.4, -0.2) is 26.7 Å². The summed E-state index contributed by atoms with van der Waals surface area (Å²) in [4.78, 5) is 2.36. The van der Waals surface area contributed by atoms with Gasteiger partial charge in [-0.25, -0.2) is 0 Å². The number of benzene rings is 1. The number of hydrogen-bond acceptors (Lipinski definition) is 2. The van der Waals surface area contributed by atoms with Gasteiger partial charge in [-0.15, -0.1) is 0 Å². The van der Waals surface area contributed by atoms with Gasteiger partial charge >= 0.3 is 0 Å². The van der Waals surface area contributed by atoms with Crippen LogP contribution in [0, 0.1) is 12.3 Å². The van der Waals surface area contributed by atoms with Crippen LogP contribution in [0.4, 0.5) is 5.69 Å². The van der Waals surface area contributed by atoms with Crippen molar-refractivity contribution in [2.24, 2.45) is 5.41 Å². The molecule has 0 radical (unpaired) electrons. The first-order chi connectivity index (χ1) is 8.46. The van der Waals surface area contributed by atoms with Crippen LogP contribution in [-0.2, 0) is 0 Å². The molecule has 0 saturated carbocycles. The standard InChI is InChI=1S/C16H28N2/c1-6-11-17-12-16(3,4)13-18(5)15-10-8-7-9-14(15)2/h7-10,17H,6,11-13H2,1-5H3. The third-order valence-electron chi connectivity index (χ3n) is 3.22. The van der Waals surface area contributed by atoms with Gasteiger partial charge in [-0.1, -0.05) is 39.0 Å². The topological polar surface area (TPSA) is 15.3 Å². The average molecular weight is 248 g/mol. The lowest BCUT2D eigenvalue weighted by Crippen LogP contribution is -2.39. The Morgan fingerprint density at radius 1 is 1.22 bits per heavy atom. The third kappa shape index (κ3) is 4.69. The fraction of sp³-hybridized carbons (Fsp3) is 0.625. The van der Waals surface area contributed by atoms with Gasteiger partial charge in [0, 0.05) is 25.8 Å². The van der Waals surface area contributed by atoms with Crippen LogP contribution in [0.3, 0.4) is 0 Å². The molecule has 0 saturated heterocycles. The minimum absolute atomic E-state index is 0.284. The average Bonchev–Trinajstić information content (AvgIpc) is 2.29. The number of anilines is 1. The molecule has 0 fully saturated rings. The second-order valence-corrected chi connectivity index (χ2v) is 5.98. The molecule has 18 heavy (non-hydrogen) atoms. The van der Waals surface area contributed by atoms with Gasteiger partial charge in [0.25, 0.3) is 0 Å². The predicted octanol–water partition coefficient (Wildman–Crippen LogP) is 3.46. The fourth-order valence-corrected chi connectivity index (χ4v) is 2.38. The molecule has 0 atom stereocenters. The van der Waals surface area contributed by atoms with Gasteiger partial charge in [0.05, 0.1) is 0 Å². The Bertz CT molecular complexity index is 358. The normalized spacial score (nSPS) is 11.6. The molecule has 0 aliphatic rings. The van der Waals surface area contributed by atoms with Crippen molar-refractivity contribution in [3.8, 4) is 0 Å². The van der Waals surface area contributed by atoms with E-state index in [9.17, 15) is 0 Å². The SMILES string of the molecule is CCCNCC(C)(C)CN(C)c1ccccc1C. The molecular formula is C16H28N2. The number of rotatable bonds is 7. The number of aryl methyl sites for hydroxylation is 1. The van der Waals surface area contributed by atoms with Crippen LogP contribution in [0.15, 0.2) is 24.3 Å². The molecular weight excluding hydrogens is 220 g/mol. The van der Waals surface area contributed by atoms with Crippen molar-refractivity contribution in [3.05, 3.63) is 29.8 Å². The van der Waals surface area contributed by atoms with Crippen molar-refractivity contribution in [2.75, 3.05) is 31.6 Å². The maximum Gasteiger partial charge on any atom is 0.0393 e. The van der Waals surface area contributed by atoms with Crippen molar-refractivity contribution in [1.82, 2.24) is 5.32 Å².